The molecule has 2 saturated heterocycles. The maximum Gasteiger partial charge on any atom is 0.410 e. The molecule has 0 aromatic rings. The van der Waals surface area contributed by atoms with Crippen molar-refractivity contribution in [1.82, 2.24) is 9.80 Å². The van der Waals surface area contributed by atoms with Crippen LogP contribution in [0.5, 0.6) is 0 Å². The summed E-state index contributed by atoms with van der Waals surface area (Å²) < 4.78 is 60.0. The zero-order valence-corrected chi connectivity index (χ0v) is 38.3. The Labute approximate surface area is 365 Å². The number of carbonyl (C=O) groups is 1. The minimum atomic E-state index is -4.55. The predicted octanol–water partition coefficient (Wildman–Crippen LogP) is 7.86. The number of halogens is 3. The van der Waals surface area contributed by atoms with Crippen LogP contribution in [0, 0.1) is 11.8 Å². The minimum absolute atomic E-state index is 0.136. The van der Waals surface area contributed by atoms with Crippen molar-refractivity contribution in [1.29, 1.82) is 0 Å². The molecule has 9 atom stereocenters. The van der Waals surface area contributed by atoms with Crippen molar-refractivity contribution < 1.29 is 62.8 Å². The lowest BCUT2D eigenvalue weighted by molar-refractivity contribution is -0.305. The second-order valence-electron chi connectivity index (χ2n) is 18.9. The molecular weight excluding hydrogens is 798 g/mol. The van der Waals surface area contributed by atoms with Gasteiger partial charge in [-0.2, -0.15) is 13.2 Å². The highest BCUT2D eigenvalue weighted by atomic mass is 19.4. The highest BCUT2D eigenvalue weighted by Crippen LogP contribution is 2.37. The van der Waals surface area contributed by atoms with E-state index >= 15 is 0 Å². The fraction of sp³-hybridized carbons (Fsp3) is 0.978. The summed E-state index contributed by atoms with van der Waals surface area (Å²) in [6.07, 6.45) is 4.47. The van der Waals surface area contributed by atoms with Gasteiger partial charge in [-0.1, -0.05) is 129 Å². The van der Waals surface area contributed by atoms with Crippen LogP contribution in [0.15, 0.2) is 0 Å². The molecule has 6 N–H and O–H groups in total. The fourth-order valence-electron chi connectivity index (χ4n) is 8.46. The van der Waals surface area contributed by atoms with Gasteiger partial charge in [-0.25, -0.2) is 4.79 Å². The zero-order valence-electron chi connectivity index (χ0n) is 38.3. The van der Waals surface area contributed by atoms with E-state index in [-0.39, 0.29) is 18.9 Å². The molecule has 12 nitrogen and oxygen atoms in total. The van der Waals surface area contributed by atoms with Crippen LogP contribution in [0.3, 0.4) is 0 Å². The van der Waals surface area contributed by atoms with Gasteiger partial charge in [-0.05, 0) is 53.0 Å². The van der Waals surface area contributed by atoms with Crippen LogP contribution in [0.1, 0.15) is 175 Å². The molecule has 0 radical (unpaired) electrons. The number of rotatable bonds is 32. The van der Waals surface area contributed by atoms with Crippen molar-refractivity contribution in [3.8, 4) is 0 Å². The third-order valence-corrected chi connectivity index (χ3v) is 12.4. The lowest BCUT2D eigenvalue weighted by Crippen LogP contribution is -2.59. The molecule has 0 spiro atoms. The number of unbranched alkanes of at least 4 members (excludes halogenated alkanes) is 18. The molecule has 2 rings (SSSR count). The number of aliphatic hydroxyl groups excluding tert-OH is 6. The first-order valence-corrected chi connectivity index (χ1v) is 24.0. The quantitative estimate of drug-likeness (QED) is 0.0364. The van der Waals surface area contributed by atoms with E-state index in [0.29, 0.717) is 32.4 Å². The van der Waals surface area contributed by atoms with Crippen LogP contribution < -0.4 is 0 Å². The van der Waals surface area contributed by atoms with Crippen molar-refractivity contribution >= 4 is 6.09 Å². The normalized spacial score (nSPS) is 23.8. The number of hydrogen-bond donors (Lipinski definition) is 6. The average Bonchev–Trinajstić information content (AvgIpc) is 3.21. The molecule has 0 aromatic heterocycles. The molecule has 0 saturated carbocycles. The summed E-state index contributed by atoms with van der Waals surface area (Å²) in [4.78, 5) is 16.4. The molecule has 2 heterocycles. The van der Waals surface area contributed by atoms with Gasteiger partial charge in [0.05, 0.1) is 31.3 Å². The van der Waals surface area contributed by atoms with E-state index in [1.54, 1.807) is 4.90 Å². The number of carbonyl (C=O) groups excluding carboxylic acids is 1. The average molecular weight is 885 g/mol. The van der Waals surface area contributed by atoms with E-state index in [2.05, 4.69) is 11.8 Å². The van der Waals surface area contributed by atoms with Crippen molar-refractivity contribution in [2.45, 2.75) is 230 Å². The molecule has 362 valence electrons. The van der Waals surface area contributed by atoms with E-state index in [1.165, 1.54) is 44.9 Å². The lowest BCUT2D eigenvalue weighted by Gasteiger charge is -2.40. The van der Waals surface area contributed by atoms with E-state index in [4.69, 9.17) is 14.2 Å². The second-order valence-corrected chi connectivity index (χ2v) is 18.9. The largest absolute Gasteiger partial charge is 0.444 e. The van der Waals surface area contributed by atoms with Crippen LogP contribution in [0.4, 0.5) is 18.0 Å². The van der Waals surface area contributed by atoms with Gasteiger partial charge in [0, 0.05) is 32.1 Å². The van der Waals surface area contributed by atoms with E-state index < -0.39 is 86.2 Å². The molecule has 15 heteroatoms. The Hall–Kier alpha value is -1.30. The first kappa shape index (κ1) is 55.8. The van der Waals surface area contributed by atoms with Crippen molar-refractivity contribution in [3.05, 3.63) is 0 Å². The summed E-state index contributed by atoms with van der Waals surface area (Å²) in [6, 6.07) is 0. The molecule has 0 aromatic carbocycles. The topological polar surface area (TPSA) is 173 Å². The van der Waals surface area contributed by atoms with E-state index in [9.17, 15) is 48.6 Å². The first-order chi connectivity index (χ1) is 29.0. The molecule has 1 amide bonds. The lowest BCUT2D eigenvalue weighted by atomic mass is 9.84. The number of ether oxygens (including phenoxy) is 3. The van der Waals surface area contributed by atoms with Gasteiger partial charge in [0.1, 0.15) is 30.0 Å². The maximum atomic E-state index is 14.5. The molecule has 2 aliphatic heterocycles. The summed E-state index contributed by atoms with van der Waals surface area (Å²) in [7, 11) is 0. The van der Waals surface area contributed by atoms with Crippen LogP contribution in [-0.2, 0) is 14.2 Å². The van der Waals surface area contributed by atoms with Gasteiger partial charge in [0.25, 0.3) is 0 Å². The number of alkyl halides is 3. The molecule has 6 unspecified atom stereocenters. The van der Waals surface area contributed by atoms with Gasteiger partial charge in [0.15, 0.2) is 6.29 Å². The Morgan fingerprint density at radius 3 is 1.69 bits per heavy atom. The fourth-order valence-corrected chi connectivity index (χ4v) is 8.46. The van der Waals surface area contributed by atoms with Crippen LogP contribution in [0.2, 0.25) is 0 Å². The van der Waals surface area contributed by atoms with E-state index in [1.807, 2.05) is 20.8 Å². The Balaban J connectivity index is 1.79. The third-order valence-electron chi connectivity index (χ3n) is 12.4. The minimum Gasteiger partial charge on any atom is -0.444 e. The second kappa shape index (κ2) is 30.8. The maximum absolute atomic E-state index is 14.5. The molecule has 2 fully saturated rings. The van der Waals surface area contributed by atoms with Crippen molar-refractivity contribution in [2.75, 3.05) is 45.9 Å². The number of aliphatic hydroxyl groups is 6. The van der Waals surface area contributed by atoms with Gasteiger partial charge in [-0.15, -0.1) is 0 Å². The predicted molar refractivity (Wildman–Crippen MR) is 231 cm³/mol. The van der Waals surface area contributed by atoms with Gasteiger partial charge >= 0.3 is 12.3 Å². The number of piperazine rings is 1. The Kier molecular flexibility index (Phi) is 28.2. The third kappa shape index (κ3) is 23.5. The molecule has 0 bridgehead atoms. The highest BCUT2D eigenvalue weighted by molar-refractivity contribution is 5.68. The van der Waals surface area contributed by atoms with Crippen molar-refractivity contribution in [3.63, 3.8) is 0 Å². The van der Waals surface area contributed by atoms with Crippen LogP contribution in [0.25, 0.3) is 0 Å². The number of amides is 1. The Morgan fingerprint density at radius 1 is 0.705 bits per heavy atom. The summed E-state index contributed by atoms with van der Waals surface area (Å²) in [5.74, 6) is -2.92. The van der Waals surface area contributed by atoms with Gasteiger partial charge < -0.3 is 49.7 Å². The van der Waals surface area contributed by atoms with Gasteiger partial charge in [0.2, 0.25) is 0 Å². The standard InChI is InChI=1S/C46H87F3N2O10/c1-5-6-7-8-9-10-11-12-13-17-20-23-26-37(53)39(54)35(34-59-43-42(57)41(56)40(55)38(33-52)60-43)32-36(46(47,48)49)25-22-19-16-14-15-18-21-24-27-50-28-30-51(31-29-50)44(58)61-45(2,3)4/h35-43,52-57H,5-34H2,1-4H3/t35-,36?,37+,38?,39-,40?,41?,42?,43?/m0/s1. The highest BCUT2D eigenvalue weighted by Gasteiger charge is 2.46. The molecule has 0 aliphatic carbocycles. The van der Waals surface area contributed by atoms with Gasteiger partial charge in [-0.3, -0.25) is 4.90 Å². The van der Waals surface area contributed by atoms with Crippen LogP contribution in [-0.4, -0.2) is 147 Å². The van der Waals surface area contributed by atoms with E-state index in [0.717, 1.165) is 83.8 Å². The van der Waals surface area contributed by atoms with Crippen LogP contribution >= 0.6 is 0 Å². The summed E-state index contributed by atoms with van der Waals surface area (Å²) in [5.41, 5.74) is -0.509. The Bertz CT molecular complexity index is 1110. The Morgan fingerprint density at radius 2 is 1.20 bits per heavy atom. The monoisotopic (exact) mass is 885 g/mol. The first-order valence-electron chi connectivity index (χ1n) is 24.0. The smallest absolute Gasteiger partial charge is 0.410 e. The molecular formula is C46H87F3N2O10. The number of hydrogen-bond acceptors (Lipinski definition) is 11. The summed E-state index contributed by atoms with van der Waals surface area (Å²) in [6.45, 7) is 10.5. The summed E-state index contributed by atoms with van der Waals surface area (Å²) in [5, 5.41) is 62.7. The number of nitrogens with zero attached hydrogens (tertiary/aromatic N) is 2. The molecule has 61 heavy (non-hydrogen) atoms. The SMILES string of the molecule is CCCCCCCCCCCCCC[C@@H](O)[C@@H](O)[C@H](COC1OC(CO)C(O)C(O)C1O)CC(CCCCCCCCCCN1CCN(C(=O)OC(C)(C)C)CC1)C(F)(F)F. The summed E-state index contributed by atoms with van der Waals surface area (Å²) >= 11 is 0. The zero-order chi connectivity index (χ0) is 45.3. The molecule has 2 aliphatic rings. The van der Waals surface area contributed by atoms with Crippen molar-refractivity contribution in [2.24, 2.45) is 11.8 Å².